The van der Waals surface area contributed by atoms with E-state index in [1.165, 1.54) is 32.1 Å². The van der Waals surface area contributed by atoms with Gasteiger partial charge >= 0.3 is 0 Å². The Morgan fingerprint density at radius 2 is 2.05 bits per heavy atom. The van der Waals surface area contributed by atoms with Gasteiger partial charge < -0.3 is 10.6 Å². The normalized spacial score (nSPS) is 16.3. The summed E-state index contributed by atoms with van der Waals surface area (Å²) >= 11 is 3.45. The van der Waals surface area contributed by atoms with Crippen LogP contribution in [-0.4, -0.2) is 18.5 Å². The van der Waals surface area contributed by atoms with Gasteiger partial charge in [-0.15, -0.1) is 0 Å². The van der Waals surface area contributed by atoms with E-state index in [-0.39, 0.29) is 5.91 Å². The molecular weight excluding hydrogens is 304 g/mol. The second kappa shape index (κ2) is 7.06. The molecule has 2 rings (SSSR count). The zero-order chi connectivity index (χ0) is 13.7. The highest BCUT2D eigenvalue weighted by Crippen LogP contribution is 2.20. The largest absolute Gasteiger partial charge is 0.325 e. The fraction of sp³-hybridized carbons (Fsp3) is 0.533. The van der Waals surface area contributed by atoms with Gasteiger partial charge in [0.2, 0.25) is 5.91 Å². The summed E-state index contributed by atoms with van der Waals surface area (Å²) in [5.41, 5.74) is 1.98. The van der Waals surface area contributed by atoms with E-state index in [0.29, 0.717) is 12.6 Å². The number of carbonyl (C=O) groups is 1. The third kappa shape index (κ3) is 4.62. The van der Waals surface area contributed by atoms with E-state index in [1.54, 1.807) is 0 Å². The predicted octanol–water partition coefficient (Wildman–Crippen LogP) is 3.62. The third-order valence-corrected chi connectivity index (χ3v) is 4.49. The van der Waals surface area contributed by atoms with Gasteiger partial charge in [-0.1, -0.05) is 35.2 Å². The maximum absolute atomic E-state index is 11.9. The quantitative estimate of drug-likeness (QED) is 0.888. The standard InChI is InChI=1S/C15H21BrN2O/c1-11-9-13(7-8-14(11)16)18-15(19)10-17-12-5-3-2-4-6-12/h7-9,12,17H,2-6,10H2,1H3,(H,18,19). The van der Waals surface area contributed by atoms with Gasteiger partial charge in [0, 0.05) is 16.2 Å². The minimum absolute atomic E-state index is 0.0345. The van der Waals surface area contributed by atoms with Crippen molar-refractivity contribution in [3.63, 3.8) is 0 Å². The number of anilines is 1. The van der Waals surface area contributed by atoms with Gasteiger partial charge in [0.05, 0.1) is 6.54 Å². The molecule has 3 nitrogen and oxygen atoms in total. The Kier molecular flexibility index (Phi) is 5.40. The number of halogens is 1. The van der Waals surface area contributed by atoms with Crippen LogP contribution in [0.2, 0.25) is 0 Å². The molecule has 0 atom stereocenters. The first-order chi connectivity index (χ1) is 9.15. The molecule has 1 fully saturated rings. The van der Waals surface area contributed by atoms with Crippen molar-refractivity contribution in [2.24, 2.45) is 0 Å². The van der Waals surface area contributed by atoms with Crippen LogP contribution in [0.15, 0.2) is 22.7 Å². The molecule has 1 saturated carbocycles. The fourth-order valence-electron chi connectivity index (χ4n) is 2.47. The zero-order valence-corrected chi connectivity index (χ0v) is 12.9. The monoisotopic (exact) mass is 324 g/mol. The lowest BCUT2D eigenvalue weighted by Crippen LogP contribution is -2.37. The van der Waals surface area contributed by atoms with Crippen molar-refractivity contribution < 1.29 is 4.79 Å². The van der Waals surface area contributed by atoms with E-state index in [0.717, 1.165) is 15.7 Å². The van der Waals surface area contributed by atoms with Gasteiger partial charge in [0.15, 0.2) is 0 Å². The van der Waals surface area contributed by atoms with Crippen molar-refractivity contribution in [2.75, 3.05) is 11.9 Å². The molecule has 0 heterocycles. The molecule has 0 aromatic heterocycles. The maximum atomic E-state index is 11.9. The summed E-state index contributed by atoms with van der Waals surface area (Å²) in [6.45, 7) is 2.42. The Morgan fingerprint density at radius 3 is 2.74 bits per heavy atom. The van der Waals surface area contributed by atoms with Crippen molar-refractivity contribution in [2.45, 2.75) is 45.1 Å². The van der Waals surface area contributed by atoms with E-state index in [2.05, 4.69) is 26.6 Å². The van der Waals surface area contributed by atoms with Gasteiger partial charge in [-0.05, 0) is 43.5 Å². The molecule has 0 aliphatic heterocycles. The van der Waals surface area contributed by atoms with Crippen molar-refractivity contribution in [1.29, 1.82) is 0 Å². The Hall–Kier alpha value is -0.870. The molecule has 1 aliphatic rings. The highest BCUT2D eigenvalue weighted by atomic mass is 79.9. The van der Waals surface area contributed by atoms with Crippen molar-refractivity contribution in [1.82, 2.24) is 5.32 Å². The van der Waals surface area contributed by atoms with Crippen LogP contribution in [0.25, 0.3) is 0 Å². The smallest absolute Gasteiger partial charge is 0.238 e. The van der Waals surface area contributed by atoms with Crippen LogP contribution in [0.4, 0.5) is 5.69 Å². The van der Waals surface area contributed by atoms with Gasteiger partial charge in [-0.25, -0.2) is 0 Å². The van der Waals surface area contributed by atoms with Crippen molar-refractivity contribution in [3.05, 3.63) is 28.2 Å². The molecule has 0 unspecified atom stereocenters. The Labute approximate surface area is 123 Å². The minimum Gasteiger partial charge on any atom is -0.325 e. The molecule has 4 heteroatoms. The predicted molar refractivity (Wildman–Crippen MR) is 82.4 cm³/mol. The molecular formula is C15H21BrN2O. The molecule has 1 amide bonds. The van der Waals surface area contributed by atoms with Gasteiger partial charge in [-0.3, -0.25) is 4.79 Å². The van der Waals surface area contributed by atoms with Crippen LogP contribution in [0.5, 0.6) is 0 Å². The summed E-state index contributed by atoms with van der Waals surface area (Å²) in [7, 11) is 0. The van der Waals surface area contributed by atoms with Gasteiger partial charge in [0.1, 0.15) is 0 Å². The lowest BCUT2D eigenvalue weighted by Gasteiger charge is -2.22. The van der Waals surface area contributed by atoms with Gasteiger partial charge in [-0.2, -0.15) is 0 Å². The number of hydrogen-bond acceptors (Lipinski definition) is 2. The highest BCUT2D eigenvalue weighted by Gasteiger charge is 2.13. The summed E-state index contributed by atoms with van der Waals surface area (Å²) in [6, 6.07) is 6.36. The van der Waals surface area contributed by atoms with Crippen LogP contribution in [0, 0.1) is 6.92 Å². The number of rotatable bonds is 4. The first-order valence-corrected chi connectivity index (χ1v) is 7.74. The molecule has 1 aromatic rings. The number of nitrogens with one attached hydrogen (secondary N) is 2. The van der Waals surface area contributed by atoms with Crippen LogP contribution >= 0.6 is 15.9 Å². The molecule has 0 bridgehead atoms. The van der Waals surface area contributed by atoms with E-state index >= 15 is 0 Å². The SMILES string of the molecule is Cc1cc(NC(=O)CNC2CCCCC2)ccc1Br. The van der Waals surface area contributed by atoms with E-state index in [1.807, 2.05) is 25.1 Å². The number of hydrogen-bond donors (Lipinski definition) is 2. The fourth-order valence-corrected chi connectivity index (χ4v) is 2.72. The number of benzene rings is 1. The topological polar surface area (TPSA) is 41.1 Å². The van der Waals surface area contributed by atoms with Crippen molar-refractivity contribution >= 4 is 27.5 Å². The molecule has 0 saturated heterocycles. The van der Waals surface area contributed by atoms with Gasteiger partial charge in [0.25, 0.3) is 0 Å². The van der Waals surface area contributed by atoms with Crippen molar-refractivity contribution in [3.8, 4) is 0 Å². The average molecular weight is 325 g/mol. The summed E-state index contributed by atoms with van der Waals surface area (Å²) in [5, 5.41) is 6.27. The Morgan fingerprint density at radius 1 is 1.32 bits per heavy atom. The second-order valence-corrected chi connectivity index (χ2v) is 6.08. The lowest BCUT2D eigenvalue weighted by atomic mass is 9.95. The number of aryl methyl sites for hydroxylation is 1. The van der Waals surface area contributed by atoms with Crippen LogP contribution < -0.4 is 10.6 Å². The van der Waals surface area contributed by atoms with Crippen LogP contribution in [-0.2, 0) is 4.79 Å². The molecule has 19 heavy (non-hydrogen) atoms. The van der Waals surface area contributed by atoms with E-state index in [4.69, 9.17) is 0 Å². The number of carbonyl (C=O) groups excluding carboxylic acids is 1. The molecule has 1 aliphatic carbocycles. The van der Waals surface area contributed by atoms with Crippen LogP contribution in [0.3, 0.4) is 0 Å². The summed E-state index contributed by atoms with van der Waals surface area (Å²) in [6.07, 6.45) is 6.30. The third-order valence-electron chi connectivity index (χ3n) is 3.60. The first kappa shape index (κ1) is 14.5. The van der Waals surface area contributed by atoms with Crippen LogP contribution in [0.1, 0.15) is 37.7 Å². The van der Waals surface area contributed by atoms with E-state index < -0.39 is 0 Å². The lowest BCUT2D eigenvalue weighted by molar-refractivity contribution is -0.115. The first-order valence-electron chi connectivity index (χ1n) is 6.94. The molecule has 0 spiro atoms. The zero-order valence-electron chi connectivity index (χ0n) is 11.3. The average Bonchev–Trinajstić information content (AvgIpc) is 2.42. The molecule has 1 aromatic carbocycles. The van der Waals surface area contributed by atoms with E-state index in [9.17, 15) is 4.79 Å². The molecule has 0 radical (unpaired) electrons. The Balaban J connectivity index is 1.78. The summed E-state index contributed by atoms with van der Waals surface area (Å²) < 4.78 is 1.06. The Bertz CT molecular complexity index is 442. The molecule has 104 valence electrons. The second-order valence-electron chi connectivity index (χ2n) is 5.23. The summed E-state index contributed by atoms with van der Waals surface area (Å²) in [5.74, 6) is 0.0345. The molecule has 2 N–H and O–H groups in total. The highest BCUT2D eigenvalue weighted by molar-refractivity contribution is 9.10. The summed E-state index contributed by atoms with van der Waals surface area (Å²) in [4.78, 5) is 11.9. The number of amides is 1. The minimum atomic E-state index is 0.0345. The maximum Gasteiger partial charge on any atom is 0.238 e.